The third-order valence-corrected chi connectivity index (χ3v) is 10.9. The average molecular weight is 347 g/mol. The molecule has 1 aromatic rings. The lowest BCUT2D eigenvalue weighted by Gasteiger charge is -2.36. The highest BCUT2D eigenvalue weighted by Crippen LogP contribution is 2.38. The molecule has 0 bridgehead atoms. The second kappa shape index (κ2) is 7.22. The minimum Gasteiger partial charge on any atom is -0.456 e. The Morgan fingerprint density at radius 1 is 1.04 bits per heavy atom. The van der Waals surface area contributed by atoms with Crippen LogP contribution in [0.2, 0.25) is 18.1 Å². The molecule has 4 heteroatoms. The van der Waals surface area contributed by atoms with Gasteiger partial charge in [-0.15, -0.1) is 0 Å². The highest BCUT2D eigenvalue weighted by molar-refractivity contribution is 7.13. The first kappa shape index (κ1) is 18.9. The molecule has 132 valence electrons. The van der Waals surface area contributed by atoms with Crippen LogP contribution >= 0.6 is 0 Å². The maximum Gasteiger partial charge on any atom is 0.369 e. The molecule has 0 aliphatic heterocycles. The van der Waals surface area contributed by atoms with Gasteiger partial charge in [0.15, 0.2) is 0 Å². The predicted octanol–water partition coefficient (Wildman–Crippen LogP) is 4.87. The van der Waals surface area contributed by atoms with Crippen LogP contribution in [0.4, 0.5) is 0 Å². The maximum atomic E-state index is 12.7. The average Bonchev–Trinajstić information content (AvgIpc) is 2.54. The van der Waals surface area contributed by atoms with Gasteiger partial charge in [-0.1, -0.05) is 70.6 Å². The van der Waals surface area contributed by atoms with Crippen LogP contribution in [0, 0.1) is 0 Å². The van der Waals surface area contributed by atoms with Crippen LogP contribution in [-0.4, -0.2) is 25.6 Å². The van der Waals surface area contributed by atoms with E-state index in [0.29, 0.717) is 0 Å². The standard InChI is InChI=1S/C20H30O3Si/c1-20(2,3)24(4,5)19(22)18(21)23-17-14-10-9-13-16(17)15-11-7-6-8-12-15/h6-8,11-12,16-17H,9-10,13-14H2,1-5H3/t16-,17+/m1/s1. The van der Waals surface area contributed by atoms with E-state index in [9.17, 15) is 9.59 Å². The quantitative estimate of drug-likeness (QED) is 0.444. The fraction of sp³-hybridized carbons (Fsp3) is 0.600. The van der Waals surface area contributed by atoms with Crippen molar-refractivity contribution in [3.05, 3.63) is 35.9 Å². The van der Waals surface area contributed by atoms with Gasteiger partial charge in [0.2, 0.25) is 5.41 Å². The number of carbonyl (C=O) groups is 2. The fourth-order valence-corrected chi connectivity index (χ4v) is 4.36. The van der Waals surface area contributed by atoms with E-state index in [-0.39, 0.29) is 22.5 Å². The van der Waals surface area contributed by atoms with E-state index >= 15 is 0 Å². The molecule has 2 rings (SSSR count). The normalized spacial score (nSPS) is 22.0. The van der Waals surface area contributed by atoms with Crippen LogP contribution in [-0.2, 0) is 14.3 Å². The van der Waals surface area contributed by atoms with Crippen LogP contribution in [0.3, 0.4) is 0 Å². The Labute approximate surface area is 146 Å². The lowest BCUT2D eigenvalue weighted by molar-refractivity contribution is -0.157. The van der Waals surface area contributed by atoms with E-state index in [0.717, 1.165) is 25.7 Å². The molecule has 1 aliphatic rings. The number of esters is 1. The lowest BCUT2D eigenvalue weighted by Crippen LogP contribution is -2.51. The van der Waals surface area contributed by atoms with Crippen molar-refractivity contribution in [1.29, 1.82) is 0 Å². The first-order valence-electron chi connectivity index (χ1n) is 8.95. The number of rotatable bonds is 4. The zero-order chi connectivity index (χ0) is 18.0. The number of benzene rings is 1. The van der Waals surface area contributed by atoms with Gasteiger partial charge >= 0.3 is 5.97 Å². The second-order valence-electron chi connectivity index (χ2n) is 8.45. The number of hydrogen-bond donors (Lipinski definition) is 0. The van der Waals surface area contributed by atoms with Gasteiger partial charge < -0.3 is 4.74 Å². The molecule has 0 spiro atoms. The molecule has 0 N–H and O–H groups in total. The molecule has 24 heavy (non-hydrogen) atoms. The summed E-state index contributed by atoms with van der Waals surface area (Å²) in [6.07, 6.45) is 3.87. The van der Waals surface area contributed by atoms with Gasteiger partial charge in [-0.2, -0.15) is 0 Å². The molecule has 0 amide bonds. The topological polar surface area (TPSA) is 43.4 Å². The van der Waals surface area contributed by atoms with E-state index in [1.807, 2.05) is 52.1 Å². The summed E-state index contributed by atoms with van der Waals surface area (Å²) in [5, 5.41) is -0.443. The van der Waals surface area contributed by atoms with Crippen LogP contribution in [0.5, 0.6) is 0 Å². The molecule has 1 aliphatic carbocycles. The molecule has 2 atom stereocenters. The highest BCUT2D eigenvalue weighted by Gasteiger charge is 2.47. The van der Waals surface area contributed by atoms with Crippen molar-refractivity contribution in [3.8, 4) is 0 Å². The molecule has 1 fully saturated rings. The largest absolute Gasteiger partial charge is 0.456 e. The zero-order valence-electron chi connectivity index (χ0n) is 15.6. The summed E-state index contributed by atoms with van der Waals surface area (Å²) in [4.78, 5) is 25.3. The number of ether oxygens (including phenoxy) is 1. The van der Waals surface area contributed by atoms with E-state index in [2.05, 4.69) is 12.1 Å². The molecule has 0 unspecified atom stereocenters. The first-order valence-corrected chi connectivity index (χ1v) is 11.9. The fourth-order valence-electron chi connectivity index (χ4n) is 3.11. The molecule has 0 saturated heterocycles. The number of hydrogen-bond acceptors (Lipinski definition) is 3. The molecule has 3 nitrogen and oxygen atoms in total. The van der Waals surface area contributed by atoms with Crippen LogP contribution in [0.15, 0.2) is 30.3 Å². The summed E-state index contributed by atoms with van der Waals surface area (Å²) in [6.45, 7) is 10.0. The van der Waals surface area contributed by atoms with Gasteiger partial charge in [-0.05, 0) is 29.9 Å². The Balaban J connectivity index is 2.13. The highest BCUT2D eigenvalue weighted by atomic mass is 28.3. The summed E-state index contributed by atoms with van der Waals surface area (Å²) in [5.41, 5.74) is 1.20. The summed E-state index contributed by atoms with van der Waals surface area (Å²) in [5.74, 6) is -0.412. The summed E-state index contributed by atoms with van der Waals surface area (Å²) < 4.78 is 5.75. The van der Waals surface area contributed by atoms with Crippen molar-refractivity contribution in [2.24, 2.45) is 0 Å². The van der Waals surface area contributed by atoms with Gasteiger partial charge in [-0.25, -0.2) is 4.79 Å². The third-order valence-electron chi connectivity index (χ3n) is 5.82. The lowest BCUT2D eigenvalue weighted by atomic mass is 9.81. The van der Waals surface area contributed by atoms with Crippen LogP contribution in [0.1, 0.15) is 57.9 Å². The van der Waals surface area contributed by atoms with E-state index in [1.165, 1.54) is 5.56 Å². The third kappa shape index (κ3) is 3.97. The molecule has 0 radical (unpaired) electrons. The van der Waals surface area contributed by atoms with Crippen LogP contribution in [0.25, 0.3) is 0 Å². The van der Waals surface area contributed by atoms with Gasteiger partial charge in [0, 0.05) is 5.92 Å². The molecule has 0 heterocycles. The van der Waals surface area contributed by atoms with Crippen molar-refractivity contribution in [2.45, 2.75) is 76.6 Å². The van der Waals surface area contributed by atoms with E-state index < -0.39 is 14.0 Å². The van der Waals surface area contributed by atoms with Crippen molar-refractivity contribution in [3.63, 3.8) is 0 Å². The summed E-state index contributed by atoms with van der Waals surface area (Å²) in [7, 11) is -2.37. The minimum absolute atomic E-state index is 0.158. The van der Waals surface area contributed by atoms with Crippen LogP contribution < -0.4 is 0 Å². The Morgan fingerprint density at radius 2 is 1.62 bits per heavy atom. The van der Waals surface area contributed by atoms with Gasteiger partial charge in [-0.3, -0.25) is 4.79 Å². The second-order valence-corrected chi connectivity index (χ2v) is 13.7. The number of carbonyl (C=O) groups excluding carboxylic acids is 2. The molecule has 1 aromatic carbocycles. The van der Waals surface area contributed by atoms with E-state index in [4.69, 9.17) is 4.74 Å². The predicted molar refractivity (Wildman–Crippen MR) is 99.7 cm³/mol. The smallest absolute Gasteiger partial charge is 0.369 e. The maximum absolute atomic E-state index is 12.7. The monoisotopic (exact) mass is 346 g/mol. The SMILES string of the molecule is CC(C)(C)[Si](C)(C)C(=O)C(=O)O[C@H]1CCCC[C@@H]1c1ccccc1. The summed E-state index contributed by atoms with van der Waals surface area (Å²) in [6, 6.07) is 10.2. The minimum atomic E-state index is -2.37. The molecule has 0 aromatic heterocycles. The van der Waals surface area contributed by atoms with Crippen molar-refractivity contribution in [1.82, 2.24) is 0 Å². The Hall–Kier alpha value is -1.42. The molecule has 1 saturated carbocycles. The van der Waals surface area contributed by atoms with Gasteiger partial charge in [0.25, 0.3) is 0 Å². The first-order chi connectivity index (χ1) is 11.1. The van der Waals surface area contributed by atoms with Gasteiger partial charge in [0.05, 0.1) is 0 Å². The molecular weight excluding hydrogens is 316 g/mol. The van der Waals surface area contributed by atoms with E-state index in [1.54, 1.807) is 0 Å². The zero-order valence-corrected chi connectivity index (χ0v) is 16.6. The van der Waals surface area contributed by atoms with Crippen molar-refractivity contribution in [2.75, 3.05) is 0 Å². The Kier molecular flexibility index (Phi) is 5.69. The Morgan fingerprint density at radius 3 is 2.21 bits per heavy atom. The van der Waals surface area contributed by atoms with Crippen molar-refractivity contribution < 1.29 is 14.3 Å². The van der Waals surface area contributed by atoms with Crippen molar-refractivity contribution >= 4 is 19.4 Å². The van der Waals surface area contributed by atoms with Gasteiger partial charge in [0.1, 0.15) is 14.2 Å². The Bertz CT molecular complexity index is 587. The molecular formula is C20H30O3Si. The summed E-state index contributed by atoms with van der Waals surface area (Å²) >= 11 is 0.